The van der Waals surface area contributed by atoms with Crippen molar-refractivity contribution in [3.8, 4) is 0 Å². The average Bonchev–Trinajstić information content (AvgIpc) is 2.76. The summed E-state index contributed by atoms with van der Waals surface area (Å²) in [6, 6.07) is 0. The van der Waals surface area contributed by atoms with E-state index in [1.807, 2.05) is 0 Å². The van der Waals surface area contributed by atoms with Crippen molar-refractivity contribution in [2.24, 2.45) is 28.6 Å². The first-order chi connectivity index (χ1) is 9.95. The first-order valence-electron chi connectivity index (χ1n) is 9.04. The van der Waals surface area contributed by atoms with Crippen LogP contribution in [0.1, 0.15) is 65.7 Å². The number of aliphatic hydroxyl groups excluding tert-OH is 1. The van der Waals surface area contributed by atoms with Gasteiger partial charge in [-0.1, -0.05) is 44.1 Å². The van der Waals surface area contributed by atoms with Crippen molar-refractivity contribution in [3.05, 3.63) is 23.3 Å². The van der Waals surface area contributed by atoms with Gasteiger partial charge in [-0.3, -0.25) is 0 Å². The lowest BCUT2D eigenvalue weighted by Crippen LogP contribution is -2.45. The van der Waals surface area contributed by atoms with E-state index in [1.54, 1.807) is 5.57 Å². The van der Waals surface area contributed by atoms with Gasteiger partial charge < -0.3 is 5.11 Å². The molecule has 0 spiro atoms. The monoisotopic (exact) mass is 286 g/mol. The van der Waals surface area contributed by atoms with Crippen molar-refractivity contribution in [1.29, 1.82) is 0 Å². The Morgan fingerprint density at radius 3 is 2.62 bits per heavy atom. The second-order valence-corrected chi connectivity index (χ2v) is 8.80. The molecular formula is C20H30O. The third-order valence-corrected chi connectivity index (χ3v) is 8.02. The minimum absolute atomic E-state index is 0.0976. The van der Waals surface area contributed by atoms with E-state index in [9.17, 15) is 5.11 Å². The van der Waals surface area contributed by atoms with Crippen molar-refractivity contribution < 1.29 is 5.11 Å². The van der Waals surface area contributed by atoms with E-state index in [-0.39, 0.29) is 6.10 Å². The van der Waals surface area contributed by atoms with Gasteiger partial charge >= 0.3 is 0 Å². The molecule has 0 aromatic rings. The molecule has 116 valence electrons. The second-order valence-electron chi connectivity index (χ2n) is 8.80. The number of fused-ring (bicyclic) bond motifs is 5. The van der Waals surface area contributed by atoms with E-state index in [4.69, 9.17) is 0 Å². The molecular weight excluding hydrogens is 256 g/mol. The van der Waals surface area contributed by atoms with Crippen LogP contribution in [0, 0.1) is 28.6 Å². The summed E-state index contributed by atoms with van der Waals surface area (Å²) in [5.74, 6) is 2.47. The zero-order valence-corrected chi connectivity index (χ0v) is 13.9. The highest BCUT2D eigenvalue weighted by atomic mass is 16.3. The van der Waals surface area contributed by atoms with Crippen LogP contribution >= 0.6 is 0 Å². The number of aliphatic hydroxyl groups is 1. The van der Waals surface area contributed by atoms with Gasteiger partial charge in [-0.25, -0.2) is 0 Å². The summed E-state index contributed by atoms with van der Waals surface area (Å²) in [5.41, 5.74) is 4.20. The molecule has 0 radical (unpaired) electrons. The zero-order chi connectivity index (χ0) is 14.8. The second kappa shape index (κ2) is 4.47. The number of rotatable bonds is 0. The Balaban J connectivity index is 1.74. The van der Waals surface area contributed by atoms with E-state index >= 15 is 0 Å². The molecule has 0 unspecified atom stereocenters. The molecule has 4 aliphatic rings. The number of hydrogen-bond donors (Lipinski definition) is 1. The van der Waals surface area contributed by atoms with Gasteiger partial charge in [-0.15, -0.1) is 0 Å². The average molecular weight is 286 g/mol. The first kappa shape index (κ1) is 14.1. The molecule has 3 saturated carbocycles. The molecule has 1 nitrogen and oxygen atoms in total. The summed E-state index contributed by atoms with van der Waals surface area (Å²) in [5, 5.41) is 10.0. The molecule has 0 aromatic carbocycles. The predicted octanol–water partition coefficient (Wildman–Crippen LogP) is 4.87. The van der Waals surface area contributed by atoms with Gasteiger partial charge in [0.1, 0.15) is 0 Å². The van der Waals surface area contributed by atoms with Crippen LogP contribution in [-0.4, -0.2) is 11.2 Å². The summed E-state index contributed by atoms with van der Waals surface area (Å²) in [6.45, 7) is 7.52. The summed E-state index contributed by atoms with van der Waals surface area (Å²) < 4.78 is 0. The van der Waals surface area contributed by atoms with Crippen molar-refractivity contribution in [1.82, 2.24) is 0 Å². The molecule has 4 aliphatic carbocycles. The summed E-state index contributed by atoms with van der Waals surface area (Å²) in [6.07, 6.45) is 13.5. The minimum atomic E-state index is -0.0976. The van der Waals surface area contributed by atoms with Crippen LogP contribution in [0.4, 0.5) is 0 Å². The Morgan fingerprint density at radius 2 is 1.81 bits per heavy atom. The van der Waals surface area contributed by atoms with Crippen LogP contribution < -0.4 is 0 Å². The van der Waals surface area contributed by atoms with Gasteiger partial charge in [0.2, 0.25) is 0 Å². The molecule has 3 fully saturated rings. The maximum Gasteiger partial charge on any atom is 0.0578 e. The molecule has 1 heteroatoms. The summed E-state index contributed by atoms with van der Waals surface area (Å²) >= 11 is 0. The number of hydrogen-bond acceptors (Lipinski definition) is 1. The largest absolute Gasteiger partial charge is 0.393 e. The Hall–Kier alpha value is -0.560. The highest BCUT2D eigenvalue weighted by Crippen LogP contribution is 2.64. The van der Waals surface area contributed by atoms with Gasteiger partial charge in [0.25, 0.3) is 0 Å². The van der Waals surface area contributed by atoms with E-state index in [0.717, 1.165) is 30.6 Å². The lowest BCUT2D eigenvalue weighted by Gasteiger charge is -2.54. The predicted molar refractivity (Wildman–Crippen MR) is 86.8 cm³/mol. The molecule has 0 saturated heterocycles. The van der Waals surface area contributed by atoms with Crippen LogP contribution in [0.25, 0.3) is 0 Å². The Morgan fingerprint density at radius 1 is 1.00 bits per heavy atom. The van der Waals surface area contributed by atoms with Crippen LogP contribution in [-0.2, 0) is 0 Å². The quantitative estimate of drug-likeness (QED) is 0.674. The summed E-state index contributed by atoms with van der Waals surface area (Å²) in [4.78, 5) is 0. The van der Waals surface area contributed by atoms with Gasteiger partial charge in [-0.05, 0) is 73.5 Å². The van der Waals surface area contributed by atoms with Crippen LogP contribution in [0.2, 0.25) is 0 Å². The molecule has 0 heterocycles. The molecule has 0 aromatic heterocycles. The van der Waals surface area contributed by atoms with E-state index in [2.05, 4.69) is 32.9 Å². The molecule has 4 rings (SSSR count). The fourth-order valence-electron chi connectivity index (χ4n) is 6.24. The van der Waals surface area contributed by atoms with Gasteiger partial charge in [0, 0.05) is 0 Å². The minimum Gasteiger partial charge on any atom is -0.393 e. The topological polar surface area (TPSA) is 20.2 Å². The van der Waals surface area contributed by atoms with Crippen LogP contribution in [0.15, 0.2) is 23.3 Å². The SMILES string of the molecule is C[C@H]1CC[C@H]2C3=CC=C4C[C@@H](O)CC[C@@]4(C)[C@@H]3CC[C@]12C. The molecule has 6 atom stereocenters. The van der Waals surface area contributed by atoms with Crippen LogP contribution in [0.5, 0.6) is 0 Å². The standard InChI is InChI=1S/C20H30O/c1-13-4-7-17-16-6-5-14-12-15(21)8-10-20(14,3)18(16)9-11-19(13,17)2/h5-6,13,15,17-18,21H,4,7-12H2,1-3H3/t13-,15-,17-,18+,19+,20+/m0/s1. The number of allylic oxidation sites excluding steroid dienone is 3. The first-order valence-corrected chi connectivity index (χ1v) is 9.04. The lowest BCUT2D eigenvalue weighted by atomic mass is 9.50. The van der Waals surface area contributed by atoms with Crippen molar-refractivity contribution in [3.63, 3.8) is 0 Å². The zero-order valence-electron chi connectivity index (χ0n) is 13.9. The highest BCUT2D eigenvalue weighted by molar-refractivity contribution is 5.38. The van der Waals surface area contributed by atoms with Gasteiger partial charge in [0.05, 0.1) is 6.10 Å². The molecule has 0 aliphatic heterocycles. The fourth-order valence-corrected chi connectivity index (χ4v) is 6.24. The highest BCUT2D eigenvalue weighted by Gasteiger charge is 2.55. The van der Waals surface area contributed by atoms with Crippen LogP contribution in [0.3, 0.4) is 0 Å². The van der Waals surface area contributed by atoms with E-state index in [0.29, 0.717) is 10.8 Å². The lowest BCUT2D eigenvalue weighted by molar-refractivity contribution is 0.0476. The Kier molecular flexibility index (Phi) is 2.99. The maximum atomic E-state index is 10.0. The fraction of sp³-hybridized carbons (Fsp3) is 0.800. The molecule has 21 heavy (non-hydrogen) atoms. The van der Waals surface area contributed by atoms with Gasteiger partial charge in [0.15, 0.2) is 0 Å². The maximum absolute atomic E-state index is 10.0. The van der Waals surface area contributed by atoms with Gasteiger partial charge in [-0.2, -0.15) is 0 Å². The van der Waals surface area contributed by atoms with Crippen molar-refractivity contribution in [2.45, 2.75) is 71.8 Å². The molecule has 0 bridgehead atoms. The molecule has 0 amide bonds. The van der Waals surface area contributed by atoms with E-state index < -0.39 is 0 Å². The molecule has 1 N–H and O–H groups in total. The van der Waals surface area contributed by atoms with Crippen molar-refractivity contribution >= 4 is 0 Å². The van der Waals surface area contributed by atoms with Crippen molar-refractivity contribution in [2.75, 3.05) is 0 Å². The normalized spacial score (nSPS) is 52.4. The third kappa shape index (κ3) is 1.79. The Bertz CT molecular complexity index is 516. The smallest absolute Gasteiger partial charge is 0.0578 e. The Labute approximate surface area is 129 Å². The third-order valence-electron chi connectivity index (χ3n) is 8.02. The summed E-state index contributed by atoms with van der Waals surface area (Å²) in [7, 11) is 0. The van der Waals surface area contributed by atoms with E-state index in [1.165, 1.54) is 37.7 Å².